The van der Waals surface area contributed by atoms with Crippen LogP contribution in [0, 0.1) is 13.8 Å². The molecular formula is C23H25NO3. The standard InChI is InChI=1S/C23H25NO3/c1-16-8-10-18(11-9-16)23(25,15-19-7-5-6-12-24-19)20-13-17(2)21(26-3)14-22(20)27-4/h5-14,25H,15H2,1-4H3. The Kier molecular flexibility index (Phi) is 5.47. The average molecular weight is 363 g/mol. The lowest BCUT2D eigenvalue weighted by Gasteiger charge is -2.31. The van der Waals surface area contributed by atoms with Crippen molar-refractivity contribution in [3.05, 3.63) is 88.7 Å². The number of ether oxygens (including phenoxy) is 2. The van der Waals surface area contributed by atoms with Gasteiger partial charge in [-0.2, -0.15) is 0 Å². The van der Waals surface area contributed by atoms with E-state index < -0.39 is 5.60 Å². The molecule has 0 bridgehead atoms. The van der Waals surface area contributed by atoms with Gasteiger partial charge in [0.2, 0.25) is 0 Å². The molecule has 3 aromatic rings. The lowest BCUT2D eigenvalue weighted by molar-refractivity contribution is 0.0770. The maximum atomic E-state index is 11.9. The first-order valence-corrected chi connectivity index (χ1v) is 8.90. The van der Waals surface area contributed by atoms with Gasteiger partial charge >= 0.3 is 0 Å². The van der Waals surface area contributed by atoms with E-state index >= 15 is 0 Å². The normalized spacial score (nSPS) is 13.1. The minimum Gasteiger partial charge on any atom is -0.496 e. The summed E-state index contributed by atoms with van der Waals surface area (Å²) in [6.07, 6.45) is 2.07. The first kappa shape index (κ1) is 18.9. The topological polar surface area (TPSA) is 51.6 Å². The van der Waals surface area contributed by atoms with E-state index in [0.717, 1.165) is 28.1 Å². The summed E-state index contributed by atoms with van der Waals surface area (Å²) < 4.78 is 11.0. The number of rotatable bonds is 6. The fourth-order valence-electron chi connectivity index (χ4n) is 3.33. The highest BCUT2D eigenvalue weighted by Gasteiger charge is 2.36. The molecule has 2 aromatic carbocycles. The van der Waals surface area contributed by atoms with Crippen LogP contribution >= 0.6 is 0 Å². The smallest absolute Gasteiger partial charge is 0.129 e. The Bertz CT molecular complexity index is 907. The number of aryl methyl sites for hydroxylation is 2. The van der Waals surface area contributed by atoms with Crippen molar-refractivity contribution >= 4 is 0 Å². The molecule has 1 atom stereocenters. The molecule has 0 spiro atoms. The van der Waals surface area contributed by atoms with Gasteiger partial charge in [0.1, 0.15) is 17.1 Å². The summed E-state index contributed by atoms with van der Waals surface area (Å²) in [5, 5.41) is 11.9. The molecule has 0 radical (unpaired) electrons. The quantitative estimate of drug-likeness (QED) is 0.713. The van der Waals surface area contributed by atoms with E-state index in [9.17, 15) is 5.11 Å². The van der Waals surface area contributed by atoms with E-state index in [1.54, 1.807) is 20.4 Å². The Morgan fingerprint density at radius 2 is 1.63 bits per heavy atom. The van der Waals surface area contributed by atoms with Gasteiger partial charge in [0.15, 0.2) is 0 Å². The van der Waals surface area contributed by atoms with Crippen LogP contribution in [-0.4, -0.2) is 24.3 Å². The molecular weight excluding hydrogens is 338 g/mol. The van der Waals surface area contributed by atoms with Crippen LogP contribution in [0.2, 0.25) is 0 Å². The van der Waals surface area contributed by atoms with Crippen molar-refractivity contribution in [3.63, 3.8) is 0 Å². The fourth-order valence-corrected chi connectivity index (χ4v) is 3.33. The second kappa shape index (κ2) is 7.80. The van der Waals surface area contributed by atoms with Crippen LogP contribution in [0.5, 0.6) is 11.5 Å². The van der Waals surface area contributed by atoms with E-state index in [0.29, 0.717) is 17.7 Å². The second-order valence-corrected chi connectivity index (χ2v) is 6.75. The Labute approximate surface area is 160 Å². The molecule has 0 saturated carbocycles. The molecule has 4 nitrogen and oxygen atoms in total. The highest BCUT2D eigenvalue weighted by Crippen LogP contribution is 2.41. The molecule has 1 N–H and O–H groups in total. The minimum absolute atomic E-state index is 0.332. The number of hydrogen-bond donors (Lipinski definition) is 1. The van der Waals surface area contributed by atoms with Gasteiger partial charge in [-0.3, -0.25) is 4.98 Å². The lowest BCUT2D eigenvalue weighted by atomic mass is 9.81. The average Bonchev–Trinajstić information content (AvgIpc) is 2.69. The number of hydrogen-bond acceptors (Lipinski definition) is 4. The zero-order chi connectivity index (χ0) is 19.4. The van der Waals surface area contributed by atoms with Crippen LogP contribution in [0.4, 0.5) is 0 Å². The van der Waals surface area contributed by atoms with Gasteiger partial charge in [-0.1, -0.05) is 35.9 Å². The maximum Gasteiger partial charge on any atom is 0.129 e. The van der Waals surface area contributed by atoms with Crippen LogP contribution in [0.3, 0.4) is 0 Å². The van der Waals surface area contributed by atoms with Crippen molar-refractivity contribution in [1.82, 2.24) is 4.98 Å². The lowest BCUT2D eigenvalue weighted by Crippen LogP contribution is -2.31. The summed E-state index contributed by atoms with van der Waals surface area (Å²) >= 11 is 0. The molecule has 0 amide bonds. The Balaban J connectivity index is 2.21. The number of pyridine rings is 1. The molecule has 0 aliphatic rings. The first-order chi connectivity index (χ1) is 13.0. The van der Waals surface area contributed by atoms with E-state index in [-0.39, 0.29) is 0 Å². The van der Waals surface area contributed by atoms with Crippen LogP contribution in [0.25, 0.3) is 0 Å². The molecule has 27 heavy (non-hydrogen) atoms. The minimum atomic E-state index is -1.29. The summed E-state index contributed by atoms with van der Waals surface area (Å²) in [6.45, 7) is 3.98. The van der Waals surface area contributed by atoms with Crippen LogP contribution < -0.4 is 9.47 Å². The van der Waals surface area contributed by atoms with Crippen molar-refractivity contribution < 1.29 is 14.6 Å². The van der Waals surface area contributed by atoms with Crippen LogP contribution in [0.1, 0.15) is 27.9 Å². The summed E-state index contributed by atoms with van der Waals surface area (Å²) in [4.78, 5) is 4.42. The third-order valence-corrected chi connectivity index (χ3v) is 4.85. The monoisotopic (exact) mass is 363 g/mol. The Morgan fingerprint density at radius 1 is 0.926 bits per heavy atom. The van der Waals surface area contributed by atoms with Gasteiger partial charge in [0, 0.05) is 29.9 Å². The number of aromatic nitrogens is 1. The highest BCUT2D eigenvalue weighted by molar-refractivity contribution is 5.52. The summed E-state index contributed by atoms with van der Waals surface area (Å²) in [5.74, 6) is 1.30. The number of nitrogens with zero attached hydrogens (tertiary/aromatic N) is 1. The number of methoxy groups -OCH3 is 2. The zero-order valence-corrected chi connectivity index (χ0v) is 16.2. The third-order valence-electron chi connectivity index (χ3n) is 4.85. The third kappa shape index (κ3) is 3.81. The fraction of sp³-hybridized carbons (Fsp3) is 0.261. The molecule has 1 unspecified atom stereocenters. The molecule has 1 heterocycles. The van der Waals surface area contributed by atoms with E-state index in [1.807, 2.05) is 68.4 Å². The van der Waals surface area contributed by atoms with Crippen LogP contribution in [-0.2, 0) is 12.0 Å². The molecule has 0 saturated heterocycles. The predicted octanol–water partition coefficient (Wildman–Crippen LogP) is 4.19. The van der Waals surface area contributed by atoms with Crippen LogP contribution in [0.15, 0.2) is 60.8 Å². The summed E-state index contributed by atoms with van der Waals surface area (Å²) in [7, 11) is 3.23. The Morgan fingerprint density at radius 3 is 2.22 bits per heavy atom. The van der Waals surface area contributed by atoms with Crippen molar-refractivity contribution in [2.45, 2.75) is 25.9 Å². The molecule has 4 heteroatoms. The highest BCUT2D eigenvalue weighted by atomic mass is 16.5. The molecule has 0 aliphatic heterocycles. The van der Waals surface area contributed by atoms with Gasteiger partial charge in [-0.25, -0.2) is 0 Å². The van der Waals surface area contributed by atoms with E-state index in [2.05, 4.69) is 4.98 Å². The number of benzene rings is 2. The maximum absolute atomic E-state index is 11.9. The van der Waals surface area contributed by atoms with Crippen molar-refractivity contribution in [3.8, 4) is 11.5 Å². The van der Waals surface area contributed by atoms with Crippen molar-refractivity contribution in [2.75, 3.05) is 14.2 Å². The van der Waals surface area contributed by atoms with Gasteiger partial charge < -0.3 is 14.6 Å². The summed E-state index contributed by atoms with van der Waals surface area (Å²) in [5.41, 5.74) is 3.07. The van der Waals surface area contributed by atoms with Gasteiger partial charge in [0.05, 0.1) is 14.2 Å². The molecule has 3 rings (SSSR count). The largest absolute Gasteiger partial charge is 0.496 e. The Hall–Kier alpha value is -2.85. The SMILES string of the molecule is COc1cc(OC)c(C(O)(Cc2ccccn2)c2ccc(C)cc2)cc1C. The summed E-state index contributed by atoms with van der Waals surface area (Å²) in [6, 6.07) is 17.4. The van der Waals surface area contributed by atoms with E-state index in [1.165, 1.54) is 0 Å². The molecule has 0 fully saturated rings. The first-order valence-electron chi connectivity index (χ1n) is 8.90. The number of aliphatic hydroxyl groups is 1. The van der Waals surface area contributed by atoms with Gasteiger partial charge in [-0.05, 0) is 43.2 Å². The second-order valence-electron chi connectivity index (χ2n) is 6.75. The van der Waals surface area contributed by atoms with Crippen molar-refractivity contribution in [2.24, 2.45) is 0 Å². The zero-order valence-electron chi connectivity index (χ0n) is 16.2. The predicted molar refractivity (Wildman–Crippen MR) is 106 cm³/mol. The molecule has 1 aromatic heterocycles. The molecule has 0 aliphatic carbocycles. The van der Waals surface area contributed by atoms with Gasteiger partial charge in [-0.15, -0.1) is 0 Å². The molecule has 140 valence electrons. The van der Waals surface area contributed by atoms with E-state index in [4.69, 9.17) is 9.47 Å². The van der Waals surface area contributed by atoms with Crippen molar-refractivity contribution in [1.29, 1.82) is 0 Å². The van der Waals surface area contributed by atoms with Gasteiger partial charge in [0.25, 0.3) is 0 Å².